The molecule has 0 fully saturated rings. The molecule has 0 unspecified atom stereocenters. The zero-order valence-corrected chi connectivity index (χ0v) is 8.23. The van der Waals surface area contributed by atoms with Crippen molar-refractivity contribution in [2.75, 3.05) is 6.61 Å². The van der Waals surface area contributed by atoms with Crippen LogP contribution in [-0.4, -0.2) is 12.6 Å². The van der Waals surface area contributed by atoms with Gasteiger partial charge in [-0.15, -0.1) is 0 Å². The van der Waals surface area contributed by atoms with E-state index < -0.39 is 0 Å². The molecular formula is C11H14O3. The Bertz CT molecular complexity index is 269. The summed E-state index contributed by atoms with van der Waals surface area (Å²) in [5.74, 6) is -0.357. The first-order valence-corrected chi connectivity index (χ1v) is 4.69. The molecule has 0 heterocycles. The summed E-state index contributed by atoms with van der Waals surface area (Å²) in [6.07, 6.45) is 1.09. The third-order valence-electron chi connectivity index (χ3n) is 1.63. The van der Waals surface area contributed by atoms with Crippen molar-refractivity contribution in [1.29, 1.82) is 0 Å². The number of hydrogen-bond acceptors (Lipinski definition) is 3. The lowest BCUT2D eigenvalue weighted by atomic mass is 10.2. The van der Waals surface area contributed by atoms with Crippen LogP contribution in [0.5, 0.6) is 0 Å². The normalized spacial score (nSPS) is 9.79. The van der Waals surface area contributed by atoms with Crippen molar-refractivity contribution in [2.45, 2.75) is 19.8 Å². The Morgan fingerprint density at radius 2 is 2.00 bits per heavy atom. The molecule has 0 aliphatic heterocycles. The molecule has 1 aromatic carbocycles. The van der Waals surface area contributed by atoms with E-state index in [2.05, 4.69) is 9.78 Å². The van der Waals surface area contributed by atoms with E-state index in [0.717, 1.165) is 12.0 Å². The predicted molar refractivity (Wildman–Crippen MR) is 52.5 cm³/mol. The molecule has 76 valence electrons. The van der Waals surface area contributed by atoms with Crippen LogP contribution in [0.1, 0.15) is 18.9 Å². The Balaban J connectivity index is 2.27. The lowest BCUT2D eigenvalue weighted by molar-refractivity contribution is -0.271. The highest BCUT2D eigenvalue weighted by Gasteiger charge is 2.04. The van der Waals surface area contributed by atoms with Crippen molar-refractivity contribution >= 4 is 5.97 Å². The molecule has 1 rings (SSSR count). The lowest BCUT2D eigenvalue weighted by Crippen LogP contribution is -2.08. The maximum Gasteiger partial charge on any atom is 0.346 e. The van der Waals surface area contributed by atoms with Crippen LogP contribution in [-0.2, 0) is 21.0 Å². The maximum atomic E-state index is 11.1. The first-order valence-electron chi connectivity index (χ1n) is 4.69. The second kappa shape index (κ2) is 6.16. The summed E-state index contributed by atoms with van der Waals surface area (Å²) in [4.78, 5) is 20.4. The van der Waals surface area contributed by atoms with Gasteiger partial charge in [0.2, 0.25) is 0 Å². The molecule has 1 aromatic rings. The van der Waals surface area contributed by atoms with Crippen molar-refractivity contribution in [3.63, 3.8) is 0 Å². The second-order valence-electron chi connectivity index (χ2n) is 2.94. The topological polar surface area (TPSA) is 35.5 Å². The van der Waals surface area contributed by atoms with Gasteiger partial charge in [-0.25, -0.2) is 4.79 Å². The van der Waals surface area contributed by atoms with Crippen LogP contribution >= 0.6 is 0 Å². The zero-order chi connectivity index (χ0) is 10.2. The van der Waals surface area contributed by atoms with Gasteiger partial charge >= 0.3 is 5.97 Å². The lowest BCUT2D eigenvalue weighted by Gasteiger charge is -2.01. The van der Waals surface area contributed by atoms with Gasteiger partial charge < -0.3 is 0 Å². The Kier molecular flexibility index (Phi) is 4.72. The van der Waals surface area contributed by atoms with Gasteiger partial charge in [0.25, 0.3) is 0 Å². The van der Waals surface area contributed by atoms with Crippen molar-refractivity contribution < 1.29 is 14.6 Å². The van der Waals surface area contributed by atoms with E-state index in [9.17, 15) is 4.79 Å². The van der Waals surface area contributed by atoms with Crippen LogP contribution in [0.2, 0.25) is 0 Å². The molecule has 3 nitrogen and oxygen atoms in total. The third-order valence-corrected chi connectivity index (χ3v) is 1.63. The molecule has 0 spiro atoms. The molecule has 0 aliphatic carbocycles. The molecule has 0 atom stereocenters. The molecule has 0 saturated heterocycles. The van der Waals surface area contributed by atoms with Crippen molar-refractivity contribution in [3.8, 4) is 0 Å². The first-order chi connectivity index (χ1) is 6.83. The molecule has 0 aromatic heterocycles. The highest BCUT2D eigenvalue weighted by Crippen LogP contribution is 2.00. The van der Waals surface area contributed by atoms with Crippen LogP contribution in [0.15, 0.2) is 30.3 Å². The Morgan fingerprint density at radius 3 is 2.64 bits per heavy atom. The van der Waals surface area contributed by atoms with E-state index >= 15 is 0 Å². The molecule has 0 aliphatic rings. The van der Waals surface area contributed by atoms with E-state index in [4.69, 9.17) is 0 Å². The molecule has 0 bridgehead atoms. The minimum absolute atomic E-state index is 0.255. The Labute approximate surface area is 83.6 Å². The van der Waals surface area contributed by atoms with Crippen molar-refractivity contribution in [1.82, 2.24) is 0 Å². The summed E-state index contributed by atoms with van der Waals surface area (Å²) in [6, 6.07) is 9.43. The van der Waals surface area contributed by atoms with Crippen LogP contribution < -0.4 is 0 Å². The van der Waals surface area contributed by atoms with Gasteiger partial charge in [-0.3, -0.25) is 4.89 Å². The number of carbonyl (C=O) groups is 1. The fourth-order valence-electron chi connectivity index (χ4n) is 0.983. The van der Waals surface area contributed by atoms with E-state index in [-0.39, 0.29) is 12.4 Å². The summed E-state index contributed by atoms with van der Waals surface area (Å²) in [5.41, 5.74) is 0.928. The summed E-state index contributed by atoms with van der Waals surface area (Å²) in [7, 11) is 0. The van der Waals surface area contributed by atoms with Crippen molar-refractivity contribution in [3.05, 3.63) is 35.9 Å². The smallest absolute Gasteiger partial charge is 0.298 e. The summed E-state index contributed by atoms with van der Waals surface area (Å²) in [6.45, 7) is 2.39. The highest BCUT2D eigenvalue weighted by molar-refractivity contribution is 5.71. The monoisotopic (exact) mass is 194 g/mol. The Hall–Kier alpha value is -1.35. The maximum absolute atomic E-state index is 11.1. The molecule has 3 heteroatoms. The largest absolute Gasteiger partial charge is 0.346 e. The second-order valence-corrected chi connectivity index (χ2v) is 2.94. The average Bonchev–Trinajstić information content (AvgIpc) is 2.20. The fourth-order valence-corrected chi connectivity index (χ4v) is 0.983. The number of hydrogen-bond donors (Lipinski definition) is 0. The Morgan fingerprint density at radius 1 is 1.29 bits per heavy atom. The average molecular weight is 194 g/mol. The fraction of sp³-hybridized carbons (Fsp3) is 0.364. The van der Waals surface area contributed by atoms with Gasteiger partial charge in [-0.1, -0.05) is 37.3 Å². The van der Waals surface area contributed by atoms with E-state index in [0.29, 0.717) is 6.61 Å². The molecule has 0 amide bonds. The van der Waals surface area contributed by atoms with Gasteiger partial charge in [0.15, 0.2) is 0 Å². The highest BCUT2D eigenvalue weighted by atomic mass is 17.2. The summed E-state index contributed by atoms with van der Waals surface area (Å²) < 4.78 is 0. The number of carbonyl (C=O) groups excluding carboxylic acids is 1. The number of rotatable bonds is 5. The van der Waals surface area contributed by atoms with Gasteiger partial charge in [0.05, 0.1) is 13.0 Å². The standard InChI is InChI=1S/C11H14O3/c1-2-8-13-14-11(12)9-10-6-4-3-5-7-10/h3-7H,2,8-9H2,1H3. The molecule has 0 saturated carbocycles. The zero-order valence-electron chi connectivity index (χ0n) is 8.23. The minimum Gasteiger partial charge on any atom is -0.298 e. The van der Waals surface area contributed by atoms with Crippen LogP contribution in [0, 0.1) is 0 Å². The quantitative estimate of drug-likeness (QED) is 0.409. The van der Waals surface area contributed by atoms with Crippen LogP contribution in [0.4, 0.5) is 0 Å². The summed E-state index contributed by atoms with van der Waals surface area (Å²) >= 11 is 0. The molecule has 14 heavy (non-hydrogen) atoms. The van der Waals surface area contributed by atoms with Crippen LogP contribution in [0.3, 0.4) is 0 Å². The number of benzene rings is 1. The summed E-state index contributed by atoms with van der Waals surface area (Å²) in [5, 5.41) is 0. The van der Waals surface area contributed by atoms with Gasteiger partial charge in [0.1, 0.15) is 0 Å². The van der Waals surface area contributed by atoms with E-state index in [1.54, 1.807) is 0 Å². The van der Waals surface area contributed by atoms with Crippen molar-refractivity contribution in [2.24, 2.45) is 0 Å². The van der Waals surface area contributed by atoms with E-state index in [1.807, 2.05) is 37.3 Å². The molecule has 0 radical (unpaired) electrons. The first kappa shape index (κ1) is 10.7. The minimum atomic E-state index is -0.357. The van der Waals surface area contributed by atoms with Gasteiger partial charge in [-0.05, 0) is 12.0 Å². The SMILES string of the molecule is CCCOOC(=O)Cc1ccccc1. The molecule has 0 N–H and O–H groups in total. The van der Waals surface area contributed by atoms with E-state index in [1.165, 1.54) is 0 Å². The van der Waals surface area contributed by atoms with Gasteiger partial charge in [0, 0.05) is 0 Å². The van der Waals surface area contributed by atoms with Gasteiger partial charge in [-0.2, -0.15) is 4.89 Å². The third kappa shape index (κ3) is 4.05. The van der Waals surface area contributed by atoms with Crippen LogP contribution in [0.25, 0.3) is 0 Å². The predicted octanol–water partition coefficient (Wildman–Crippen LogP) is 2.11. The molecular weight excluding hydrogens is 180 g/mol.